The fourth-order valence-corrected chi connectivity index (χ4v) is 4.20. The Kier molecular flexibility index (Phi) is 5.73. The normalized spacial score (nSPS) is 17.9. The van der Waals surface area contributed by atoms with Gasteiger partial charge in [-0.2, -0.15) is 0 Å². The Hall–Kier alpha value is -2.54. The summed E-state index contributed by atoms with van der Waals surface area (Å²) in [6, 6.07) is 12.1. The molecule has 0 aromatic heterocycles. The molecule has 2 amide bonds. The first-order valence-electron chi connectivity index (χ1n) is 9.58. The van der Waals surface area contributed by atoms with E-state index in [-0.39, 0.29) is 15.7 Å². The first-order valence-corrected chi connectivity index (χ1v) is 10.3. The van der Waals surface area contributed by atoms with E-state index in [0.717, 1.165) is 18.0 Å². The highest BCUT2D eigenvalue weighted by atomic mass is 35.5. The number of anilines is 1. The Bertz CT molecular complexity index is 1050. The van der Waals surface area contributed by atoms with Crippen molar-refractivity contribution >= 4 is 46.3 Å². The van der Waals surface area contributed by atoms with E-state index in [1.54, 1.807) is 37.4 Å². The third-order valence-corrected chi connectivity index (χ3v) is 6.24. The lowest BCUT2D eigenvalue weighted by Gasteiger charge is -2.34. The van der Waals surface area contributed by atoms with Crippen molar-refractivity contribution in [1.29, 1.82) is 0 Å². The number of rotatable bonds is 4. The number of likely N-dealkylation sites (N-methyl/N-ethyl adjacent to an activating group) is 1. The van der Waals surface area contributed by atoms with Crippen LogP contribution in [0.1, 0.15) is 5.56 Å². The summed E-state index contributed by atoms with van der Waals surface area (Å²) in [5.41, 5.74) is 1.54. The Morgan fingerprint density at radius 3 is 2.30 bits per heavy atom. The van der Waals surface area contributed by atoms with Crippen LogP contribution in [-0.2, 0) is 9.59 Å². The van der Waals surface area contributed by atoms with Crippen molar-refractivity contribution in [1.82, 2.24) is 9.80 Å². The predicted molar refractivity (Wildman–Crippen MR) is 118 cm³/mol. The highest BCUT2D eigenvalue weighted by Crippen LogP contribution is 2.41. The van der Waals surface area contributed by atoms with Gasteiger partial charge in [0.2, 0.25) is 0 Å². The highest BCUT2D eigenvalue weighted by molar-refractivity contribution is 6.49. The minimum atomic E-state index is -0.442. The van der Waals surface area contributed by atoms with Crippen LogP contribution in [0.2, 0.25) is 10.0 Å². The molecule has 1 saturated heterocycles. The molecule has 0 saturated carbocycles. The Balaban J connectivity index is 1.88. The second-order valence-corrected chi connectivity index (χ2v) is 8.02. The summed E-state index contributed by atoms with van der Waals surface area (Å²) >= 11 is 12.5. The van der Waals surface area contributed by atoms with Gasteiger partial charge in [-0.3, -0.25) is 9.59 Å². The number of hydrogen-bond donors (Lipinski definition) is 0. The maximum atomic E-state index is 13.6. The van der Waals surface area contributed by atoms with Gasteiger partial charge in [0, 0.05) is 31.7 Å². The minimum Gasteiger partial charge on any atom is -0.496 e. The zero-order valence-electron chi connectivity index (χ0n) is 16.7. The topological polar surface area (TPSA) is 53.1 Å². The number of benzene rings is 2. The molecule has 2 aromatic carbocycles. The number of halogens is 2. The molecule has 0 spiro atoms. The van der Waals surface area contributed by atoms with Crippen molar-refractivity contribution in [2.75, 3.05) is 45.2 Å². The molecule has 0 bridgehead atoms. The molecule has 2 aliphatic rings. The molecule has 4 rings (SSSR count). The quantitative estimate of drug-likeness (QED) is 0.673. The number of carbonyl (C=O) groups excluding carboxylic acids is 2. The maximum Gasteiger partial charge on any atom is 0.282 e. The molecule has 0 atom stereocenters. The predicted octanol–water partition coefficient (Wildman–Crippen LogP) is 3.53. The van der Waals surface area contributed by atoms with Crippen LogP contribution < -0.4 is 9.64 Å². The van der Waals surface area contributed by atoms with Crippen molar-refractivity contribution < 1.29 is 14.3 Å². The molecular weight excluding hydrogens is 425 g/mol. The molecule has 0 N–H and O–H groups in total. The van der Waals surface area contributed by atoms with Crippen molar-refractivity contribution in [2.24, 2.45) is 0 Å². The van der Waals surface area contributed by atoms with Crippen LogP contribution in [0, 0.1) is 0 Å². The van der Waals surface area contributed by atoms with Gasteiger partial charge >= 0.3 is 0 Å². The Labute approximate surface area is 185 Å². The number of ether oxygens (including phenoxy) is 1. The van der Waals surface area contributed by atoms with Crippen molar-refractivity contribution in [2.45, 2.75) is 0 Å². The number of nitrogens with zero attached hydrogens (tertiary/aromatic N) is 3. The number of imide groups is 1. The first kappa shape index (κ1) is 20.7. The highest BCUT2D eigenvalue weighted by Gasteiger charge is 2.44. The van der Waals surface area contributed by atoms with E-state index in [1.807, 2.05) is 24.1 Å². The van der Waals surface area contributed by atoms with E-state index in [0.29, 0.717) is 35.7 Å². The average molecular weight is 446 g/mol. The van der Waals surface area contributed by atoms with E-state index in [9.17, 15) is 9.59 Å². The number of hydrogen-bond acceptors (Lipinski definition) is 5. The van der Waals surface area contributed by atoms with Crippen LogP contribution in [0.15, 0.2) is 48.2 Å². The van der Waals surface area contributed by atoms with Crippen LogP contribution in [0.4, 0.5) is 5.69 Å². The molecule has 2 heterocycles. The van der Waals surface area contributed by atoms with E-state index < -0.39 is 11.8 Å². The van der Waals surface area contributed by atoms with E-state index in [1.165, 1.54) is 0 Å². The van der Waals surface area contributed by atoms with Crippen LogP contribution in [-0.4, -0.2) is 62.0 Å². The summed E-state index contributed by atoms with van der Waals surface area (Å²) in [7, 11) is 3.58. The van der Waals surface area contributed by atoms with Gasteiger partial charge in [0.25, 0.3) is 11.8 Å². The Morgan fingerprint density at radius 1 is 0.900 bits per heavy atom. The third-order valence-electron chi connectivity index (χ3n) is 5.43. The second kappa shape index (κ2) is 8.30. The molecule has 1 fully saturated rings. The molecule has 2 aliphatic heterocycles. The third kappa shape index (κ3) is 3.45. The van der Waals surface area contributed by atoms with Gasteiger partial charge in [0.1, 0.15) is 11.4 Å². The van der Waals surface area contributed by atoms with Crippen LogP contribution in [0.3, 0.4) is 0 Å². The van der Waals surface area contributed by atoms with Crippen molar-refractivity contribution in [3.63, 3.8) is 0 Å². The second-order valence-electron chi connectivity index (χ2n) is 7.23. The van der Waals surface area contributed by atoms with Gasteiger partial charge in [-0.15, -0.1) is 0 Å². The Morgan fingerprint density at radius 2 is 1.60 bits per heavy atom. The molecule has 156 valence electrons. The van der Waals surface area contributed by atoms with Gasteiger partial charge in [0.05, 0.1) is 28.4 Å². The van der Waals surface area contributed by atoms with E-state index in [4.69, 9.17) is 27.9 Å². The summed E-state index contributed by atoms with van der Waals surface area (Å²) in [4.78, 5) is 32.5. The summed E-state index contributed by atoms with van der Waals surface area (Å²) < 4.78 is 5.49. The number of para-hydroxylation sites is 1. The van der Waals surface area contributed by atoms with Gasteiger partial charge in [-0.05, 0) is 25.2 Å². The van der Waals surface area contributed by atoms with E-state index in [2.05, 4.69) is 4.90 Å². The smallest absolute Gasteiger partial charge is 0.282 e. The molecule has 30 heavy (non-hydrogen) atoms. The molecule has 8 heteroatoms. The average Bonchev–Trinajstić information content (AvgIpc) is 3.01. The fraction of sp³-hybridized carbons (Fsp3) is 0.273. The number of carbonyl (C=O) groups is 2. The first-order chi connectivity index (χ1) is 14.4. The minimum absolute atomic E-state index is 0.167. The van der Waals surface area contributed by atoms with Gasteiger partial charge in [-0.25, -0.2) is 4.90 Å². The SMILES string of the molecule is COc1ccccc1C1=C(N2CCN(C)CC2)C(=O)N(c2cccc(Cl)c2Cl)C1=O. The van der Waals surface area contributed by atoms with Crippen LogP contribution in [0.25, 0.3) is 5.57 Å². The fourth-order valence-electron chi connectivity index (χ4n) is 3.82. The lowest BCUT2D eigenvalue weighted by Crippen LogP contribution is -2.46. The number of piperazine rings is 1. The maximum absolute atomic E-state index is 13.6. The van der Waals surface area contributed by atoms with Crippen LogP contribution >= 0.6 is 23.2 Å². The molecular formula is C22H21Cl2N3O3. The zero-order chi connectivity index (χ0) is 21.4. The number of methoxy groups -OCH3 is 1. The monoisotopic (exact) mass is 445 g/mol. The van der Waals surface area contributed by atoms with Gasteiger partial charge in [0.15, 0.2) is 0 Å². The summed E-state index contributed by atoms with van der Waals surface area (Å²) in [5.74, 6) is -0.323. The summed E-state index contributed by atoms with van der Waals surface area (Å²) in [5, 5.41) is 0.446. The van der Waals surface area contributed by atoms with Crippen molar-refractivity contribution in [3.8, 4) is 5.75 Å². The van der Waals surface area contributed by atoms with Gasteiger partial charge < -0.3 is 14.5 Å². The van der Waals surface area contributed by atoms with Crippen LogP contribution in [0.5, 0.6) is 5.75 Å². The zero-order valence-corrected chi connectivity index (χ0v) is 18.2. The molecule has 2 aromatic rings. The standard InChI is InChI=1S/C22H21Cl2N3O3/c1-25-10-12-26(13-11-25)20-18(14-6-3-4-9-17(14)30-2)21(28)27(22(20)29)16-8-5-7-15(23)19(16)24/h3-9H,10-13H2,1-2H3. The van der Waals surface area contributed by atoms with E-state index >= 15 is 0 Å². The molecule has 0 unspecified atom stereocenters. The summed E-state index contributed by atoms with van der Waals surface area (Å²) in [6.45, 7) is 2.87. The molecule has 0 aliphatic carbocycles. The lowest BCUT2D eigenvalue weighted by molar-refractivity contribution is -0.120. The summed E-state index contributed by atoms with van der Waals surface area (Å²) in [6.07, 6.45) is 0. The molecule has 0 radical (unpaired) electrons. The van der Waals surface area contributed by atoms with Gasteiger partial charge in [-0.1, -0.05) is 47.5 Å². The van der Waals surface area contributed by atoms with Crippen molar-refractivity contribution in [3.05, 3.63) is 63.8 Å². The lowest BCUT2D eigenvalue weighted by atomic mass is 10.0. The molecule has 6 nitrogen and oxygen atoms in total. The largest absolute Gasteiger partial charge is 0.496 e. The number of amides is 2.